The lowest BCUT2D eigenvalue weighted by molar-refractivity contribution is -0.119. The van der Waals surface area contributed by atoms with Gasteiger partial charge in [0.15, 0.2) is 0 Å². The number of benzene rings is 1. The molecule has 19 heavy (non-hydrogen) atoms. The van der Waals surface area contributed by atoms with E-state index in [1.807, 2.05) is 18.2 Å². The summed E-state index contributed by atoms with van der Waals surface area (Å²) < 4.78 is 5.35. The molecule has 0 bridgehead atoms. The summed E-state index contributed by atoms with van der Waals surface area (Å²) in [6, 6.07) is 5.99. The van der Waals surface area contributed by atoms with Crippen molar-refractivity contribution >= 4 is 11.6 Å². The van der Waals surface area contributed by atoms with E-state index in [-0.39, 0.29) is 11.9 Å². The summed E-state index contributed by atoms with van der Waals surface area (Å²) in [5, 5.41) is 2.96. The molecule has 1 atom stereocenters. The van der Waals surface area contributed by atoms with Crippen molar-refractivity contribution in [1.82, 2.24) is 10.2 Å². The van der Waals surface area contributed by atoms with Crippen LogP contribution in [0.4, 0.5) is 5.69 Å². The van der Waals surface area contributed by atoms with Crippen LogP contribution in [0.1, 0.15) is 18.9 Å². The molecule has 1 aliphatic rings. The smallest absolute Gasteiger partial charge is 0.217 e. The third kappa shape index (κ3) is 3.61. The number of hydrogen-bond donors (Lipinski definition) is 2. The van der Waals surface area contributed by atoms with Crippen LogP contribution in [0.25, 0.3) is 0 Å². The van der Waals surface area contributed by atoms with Gasteiger partial charge in [-0.2, -0.15) is 0 Å². The Labute approximate surface area is 113 Å². The lowest BCUT2D eigenvalue weighted by atomic mass is 10.1. The van der Waals surface area contributed by atoms with Crippen molar-refractivity contribution in [2.75, 3.05) is 25.9 Å². The van der Waals surface area contributed by atoms with E-state index < -0.39 is 0 Å². The average Bonchev–Trinajstić information content (AvgIpc) is 2.78. The second-order valence-corrected chi connectivity index (χ2v) is 4.99. The van der Waals surface area contributed by atoms with Crippen LogP contribution in [-0.2, 0) is 11.3 Å². The number of nitrogens with zero attached hydrogens (tertiary/aromatic N) is 1. The number of likely N-dealkylation sites (tertiary alicyclic amines) is 1. The summed E-state index contributed by atoms with van der Waals surface area (Å²) >= 11 is 0. The van der Waals surface area contributed by atoms with Crippen LogP contribution in [-0.4, -0.2) is 37.0 Å². The first-order chi connectivity index (χ1) is 9.08. The number of nitrogens with two attached hydrogens (primary N) is 1. The molecule has 2 rings (SSSR count). The SMILES string of the molecule is COc1cc(N)ccc1CN1CCC(NC(C)=O)C1. The Morgan fingerprint density at radius 1 is 1.58 bits per heavy atom. The molecule has 1 heterocycles. The maximum atomic E-state index is 11.0. The van der Waals surface area contributed by atoms with Gasteiger partial charge in [-0.15, -0.1) is 0 Å². The largest absolute Gasteiger partial charge is 0.496 e. The monoisotopic (exact) mass is 263 g/mol. The predicted octanol–water partition coefficient (Wildman–Crippen LogP) is 0.988. The Balaban J connectivity index is 1.97. The van der Waals surface area contributed by atoms with Crippen molar-refractivity contribution in [2.24, 2.45) is 0 Å². The number of hydrogen-bond acceptors (Lipinski definition) is 4. The summed E-state index contributed by atoms with van der Waals surface area (Å²) in [5.74, 6) is 0.861. The number of ether oxygens (including phenoxy) is 1. The summed E-state index contributed by atoms with van der Waals surface area (Å²) in [7, 11) is 1.66. The molecule has 0 spiro atoms. The summed E-state index contributed by atoms with van der Waals surface area (Å²) in [6.07, 6.45) is 0.997. The second kappa shape index (κ2) is 5.93. The highest BCUT2D eigenvalue weighted by Crippen LogP contribution is 2.24. The first kappa shape index (κ1) is 13.7. The molecule has 0 radical (unpaired) electrons. The van der Waals surface area contributed by atoms with E-state index in [0.29, 0.717) is 5.69 Å². The van der Waals surface area contributed by atoms with E-state index in [2.05, 4.69) is 10.2 Å². The lowest BCUT2D eigenvalue weighted by Crippen LogP contribution is -2.35. The maximum absolute atomic E-state index is 11.0. The van der Waals surface area contributed by atoms with Gasteiger partial charge < -0.3 is 15.8 Å². The van der Waals surface area contributed by atoms with Crippen LogP contribution in [0.2, 0.25) is 0 Å². The zero-order chi connectivity index (χ0) is 13.8. The Hall–Kier alpha value is -1.75. The van der Waals surface area contributed by atoms with Crippen molar-refractivity contribution in [3.63, 3.8) is 0 Å². The molecule has 0 saturated carbocycles. The molecule has 0 aliphatic carbocycles. The van der Waals surface area contributed by atoms with Gasteiger partial charge in [-0.3, -0.25) is 9.69 Å². The zero-order valence-corrected chi connectivity index (χ0v) is 11.5. The number of carbonyl (C=O) groups excluding carboxylic acids is 1. The Bertz CT molecular complexity index is 462. The highest BCUT2D eigenvalue weighted by atomic mass is 16.5. The highest BCUT2D eigenvalue weighted by Gasteiger charge is 2.23. The Morgan fingerprint density at radius 3 is 3.05 bits per heavy atom. The summed E-state index contributed by atoms with van der Waals surface area (Å²) in [5.41, 5.74) is 7.58. The number of nitrogens with one attached hydrogen (secondary N) is 1. The molecule has 1 aromatic rings. The Morgan fingerprint density at radius 2 is 2.37 bits per heavy atom. The summed E-state index contributed by atoms with van der Waals surface area (Å²) in [4.78, 5) is 13.4. The molecule has 1 amide bonds. The first-order valence-electron chi connectivity index (χ1n) is 6.50. The highest BCUT2D eigenvalue weighted by molar-refractivity contribution is 5.73. The van der Waals surface area contributed by atoms with Crippen molar-refractivity contribution in [1.29, 1.82) is 0 Å². The standard InChI is InChI=1S/C14H21N3O2/c1-10(18)16-13-5-6-17(9-13)8-11-3-4-12(15)7-14(11)19-2/h3-4,7,13H,5-6,8-9,15H2,1-2H3,(H,16,18). The van der Waals surface area contributed by atoms with Gasteiger partial charge in [0.25, 0.3) is 0 Å². The van der Waals surface area contributed by atoms with Gasteiger partial charge in [0.1, 0.15) is 5.75 Å². The molecule has 0 aromatic heterocycles. The number of nitrogen functional groups attached to an aromatic ring is 1. The Kier molecular flexibility index (Phi) is 4.27. The number of methoxy groups -OCH3 is 1. The minimum Gasteiger partial charge on any atom is -0.496 e. The third-order valence-corrected chi connectivity index (χ3v) is 3.38. The van der Waals surface area contributed by atoms with Crippen LogP contribution in [0.15, 0.2) is 18.2 Å². The minimum atomic E-state index is 0.0388. The third-order valence-electron chi connectivity index (χ3n) is 3.38. The van der Waals surface area contributed by atoms with E-state index >= 15 is 0 Å². The predicted molar refractivity (Wildman–Crippen MR) is 74.9 cm³/mol. The maximum Gasteiger partial charge on any atom is 0.217 e. The summed E-state index contributed by atoms with van der Waals surface area (Å²) in [6.45, 7) is 4.25. The van der Waals surface area contributed by atoms with Gasteiger partial charge >= 0.3 is 0 Å². The van der Waals surface area contributed by atoms with E-state index in [1.165, 1.54) is 0 Å². The van der Waals surface area contributed by atoms with Crippen molar-refractivity contribution in [2.45, 2.75) is 25.9 Å². The molecule has 1 saturated heterocycles. The number of carbonyl (C=O) groups is 1. The molecule has 1 fully saturated rings. The van der Waals surface area contributed by atoms with Crippen molar-refractivity contribution < 1.29 is 9.53 Å². The number of anilines is 1. The second-order valence-electron chi connectivity index (χ2n) is 4.99. The lowest BCUT2D eigenvalue weighted by Gasteiger charge is -2.18. The van der Waals surface area contributed by atoms with Crippen LogP contribution in [0.3, 0.4) is 0 Å². The van der Waals surface area contributed by atoms with Crippen LogP contribution in [0, 0.1) is 0 Å². The molecule has 1 aliphatic heterocycles. The topological polar surface area (TPSA) is 67.6 Å². The van der Waals surface area contributed by atoms with Gasteiger partial charge in [-0.1, -0.05) is 6.07 Å². The van der Waals surface area contributed by atoms with Gasteiger partial charge in [0, 0.05) is 49.9 Å². The van der Waals surface area contributed by atoms with E-state index in [9.17, 15) is 4.79 Å². The van der Waals surface area contributed by atoms with Crippen LogP contribution < -0.4 is 15.8 Å². The van der Waals surface area contributed by atoms with Gasteiger partial charge in [-0.05, 0) is 12.5 Å². The number of amides is 1. The molecular formula is C14H21N3O2. The molecular weight excluding hydrogens is 242 g/mol. The van der Waals surface area contributed by atoms with Crippen LogP contribution >= 0.6 is 0 Å². The molecule has 3 N–H and O–H groups in total. The molecule has 5 nitrogen and oxygen atoms in total. The van der Waals surface area contributed by atoms with E-state index in [4.69, 9.17) is 10.5 Å². The minimum absolute atomic E-state index is 0.0388. The number of rotatable bonds is 4. The fourth-order valence-corrected chi connectivity index (χ4v) is 2.51. The molecule has 1 unspecified atom stereocenters. The van der Waals surface area contributed by atoms with Gasteiger partial charge in [0.2, 0.25) is 5.91 Å². The first-order valence-corrected chi connectivity index (χ1v) is 6.50. The fraction of sp³-hybridized carbons (Fsp3) is 0.500. The van der Waals surface area contributed by atoms with E-state index in [0.717, 1.165) is 37.4 Å². The normalized spacial score (nSPS) is 19.4. The molecule has 1 aromatic carbocycles. The van der Waals surface area contributed by atoms with Gasteiger partial charge in [-0.25, -0.2) is 0 Å². The van der Waals surface area contributed by atoms with Crippen LogP contribution in [0.5, 0.6) is 5.75 Å². The molecule has 5 heteroatoms. The van der Waals surface area contributed by atoms with Crippen molar-refractivity contribution in [3.05, 3.63) is 23.8 Å². The zero-order valence-electron chi connectivity index (χ0n) is 11.5. The fourth-order valence-electron chi connectivity index (χ4n) is 2.51. The average molecular weight is 263 g/mol. The van der Waals surface area contributed by atoms with Gasteiger partial charge in [0.05, 0.1) is 7.11 Å². The van der Waals surface area contributed by atoms with E-state index in [1.54, 1.807) is 14.0 Å². The van der Waals surface area contributed by atoms with Crippen molar-refractivity contribution in [3.8, 4) is 5.75 Å². The quantitative estimate of drug-likeness (QED) is 0.795. The molecule has 104 valence electrons.